The fraction of sp³-hybridized carbons (Fsp3) is 0.533. The number of sulfone groups is 1. The molecule has 0 aliphatic heterocycles. The topological polar surface area (TPSA) is 75.3 Å². The molecule has 0 aliphatic rings. The average molecular weight is 348 g/mol. The molecule has 8 heteroatoms. The van der Waals surface area contributed by atoms with Crippen molar-refractivity contribution in [2.45, 2.75) is 32.2 Å². The van der Waals surface area contributed by atoms with Crippen LogP contribution in [0.5, 0.6) is 0 Å². The van der Waals surface area contributed by atoms with E-state index in [1.165, 1.54) is 6.07 Å². The lowest BCUT2D eigenvalue weighted by Crippen LogP contribution is -2.42. The highest BCUT2D eigenvalue weighted by Crippen LogP contribution is 2.17. The molecule has 2 N–H and O–H groups in total. The first-order valence-corrected chi connectivity index (χ1v) is 9.31. The summed E-state index contributed by atoms with van der Waals surface area (Å²) in [6, 6.07) is 2.91. The lowest BCUT2D eigenvalue weighted by atomic mass is 10.0. The van der Waals surface area contributed by atoms with Crippen LogP contribution in [0.1, 0.15) is 31.7 Å². The zero-order chi connectivity index (χ0) is 17.6. The third-order valence-electron chi connectivity index (χ3n) is 3.38. The number of carbonyl (C=O) groups is 1. The molecule has 0 heterocycles. The number of hydrogen-bond donors (Lipinski definition) is 2. The molecule has 1 rings (SSSR count). The second-order valence-corrected chi connectivity index (χ2v) is 8.01. The molecule has 0 bridgehead atoms. The van der Waals surface area contributed by atoms with E-state index in [9.17, 15) is 22.0 Å². The van der Waals surface area contributed by atoms with E-state index >= 15 is 0 Å². The smallest absolute Gasteiger partial charge is 0.315 e. The van der Waals surface area contributed by atoms with E-state index in [0.717, 1.165) is 18.4 Å². The molecule has 2 amide bonds. The number of carbonyl (C=O) groups excluding carboxylic acids is 1. The molecule has 5 nitrogen and oxygen atoms in total. The van der Waals surface area contributed by atoms with Crippen LogP contribution in [0.4, 0.5) is 13.6 Å². The van der Waals surface area contributed by atoms with Gasteiger partial charge in [-0.05, 0) is 37.0 Å². The molecule has 0 saturated carbocycles. The van der Waals surface area contributed by atoms with Crippen molar-refractivity contribution in [1.29, 1.82) is 0 Å². The van der Waals surface area contributed by atoms with Crippen molar-refractivity contribution in [2.75, 3.05) is 18.6 Å². The zero-order valence-electron chi connectivity index (χ0n) is 13.4. The highest BCUT2D eigenvalue weighted by atomic mass is 32.2. The molecule has 2 atom stereocenters. The molecule has 2 unspecified atom stereocenters. The van der Waals surface area contributed by atoms with Crippen LogP contribution in [0.15, 0.2) is 18.2 Å². The fourth-order valence-electron chi connectivity index (χ4n) is 1.92. The summed E-state index contributed by atoms with van der Waals surface area (Å²) in [6.07, 6.45) is 1.47. The van der Waals surface area contributed by atoms with E-state index in [0.29, 0.717) is 12.0 Å². The Bertz CT molecular complexity index is 650. The van der Waals surface area contributed by atoms with E-state index in [1.54, 1.807) is 13.8 Å². The Morgan fingerprint density at radius 1 is 1.22 bits per heavy atom. The molecule has 0 aliphatic carbocycles. The Balaban J connectivity index is 2.41. The van der Waals surface area contributed by atoms with Gasteiger partial charge in [0, 0.05) is 18.8 Å². The summed E-state index contributed by atoms with van der Waals surface area (Å²) in [5, 5.41) is 5.26. The SMILES string of the molecule is CC(CCS(C)(=O)=O)NC(=O)NCC(C)c1ccc(F)c(F)c1. The molecule has 0 fully saturated rings. The molecule has 0 spiro atoms. The molecule has 0 saturated heterocycles. The van der Waals surface area contributed by atoms with Gasteiger partial charge in [-0.25, -0.2) is 22.0 Å². The summed E-state index contributed by atoms with van der Waals surface area (Å²) in [5.41, 5.74) is 0.578. The second-order valence-electron chi connectivity index (χ2n) is 5.75. The molecule has 0 aromatic heterocycles. The van der Waals surface area contributed by atoms with Gasteiger partial charge in [0.2, 0.25) is 0 Å². The van der Waals surface area contributed by atoms with Gasteiger partial charge >= 0.3 is 6.03 Å². The van der Waals surface area contributed by atoms with Crippen LogP contribution >= 0.6 is 0 Å². The zero-order valence-corrected chi connectivity index (χ0v) is 14.2. The third kappa shape index (κ3) is 7.40. The van der Waals surface area contributed by atoms with Crippen molar-refractivity contribution in [2.24, 2.45) is 0 Å². The minimum Gasteiger partial charge on any atom is -0.338 e. The van der Waals surface area contributed by atoms with E-state index in [4.69, 9.17) is 0 Å². The van der Waals surface area contributed by atoms with Gasteiger partial charge in [-0.2, -0.15) is 0 Å². The van der Waals surface area contributed by atoms with Crippen LogP contribution in [-0.4, -0.2) is 39.0 Å². The van der Waals surface area contributed by atoms with Gasteiger partial charge in [-0.1, -0.05) is 13.0 Å². The van der Waals surface area contributed by atoms with Gasteiger partial charge in [0.05, 0.1) is 5.75 Å². The van der Waals surface area contributed by atoms with Crippen molar-refractivity contribution in [1.82, 2.24) is 10.6 Å². The molecular formula is C15H22F2N2O3S. The van der Waals surface area contributed by atoms with Gasteiger partial charge in [0.15, 0.2) is 11.6 Å². The Kier molecular flexibility index (Phi) is 6.93. The Labute approximate surface area is 135 Å². The Morgan fingerprint density at radius 3 is 2.43 bits per heavy atom. The molecule has 130 valence electrons. The number of rotatable bonds is 7. The predicted octanol–water partition coefficient (Wildman–Crippen LogP) is 2.19. The second kappa shape index (κ2) is 8.24. The van der Waals surface area contributed by atoms with Crippen molar-refractivity contribution >= 4 is 15.9 Å². The molecule has 23 heavy (non-hydrogen) atoms. The highest BCUT2D eigenvalue weighted by molar-refractivity contribution is 7.90. The monoisotopic (exact) mass is 348 g/mol. The van der Waals surface area contributed by atoms with Crippen molar-refractivity contribution in [3.63, 3.8) is 0 Å². The number of amides is 2. The van der Waals surface area contributed by atoms with Crippen LogP contribution < -0.4 is 10.6 Å². The van der Waals surface area contributed by atoms with Crippen LogP contribution in [-0.2, 0) is 9.84 Å². The van der Waals surface area contributed by atoms with Crippen LogP contribution in [0.25, 0.3) is 0 Å². The lowest BCUT2D eigenvalue weighted by Gasteiger charge is -2.17. The fourth-order valence-corrected chi connectivity index (χ4v) is 2.70. The first-order chi connectivity index (χ1) is 10.6. The Hall–Kier alpha value is -1.70. The number of nitrogens with one attached hydrogen (secondary N) is 2. The number of hydrogen-bond acceptors (Lipinski definition) is 3. The van der Waals surface area contributed by atoms with E-state index < -0.39 is 27.5 Å². The van der Waals surface area contributed by atoms with E-state index in [-0.39, 0.29) is 24.3 Å². The van der Waals surface area contributed by atoms with Crippen LogP contribution in [0, 0.1) is 11.6 Å². The molecule has 0 radical (unpaired) electrons. The van der Waals surface area contributed by atoms with Gasteiger partial charge in [0.1, 0.15) is 9.84 Å². The maximum atomic E-state index is 13.2. The predicted molar refractivity (Wildman–Crippen MR) is 85.1 cm³/mol. The minimum absolute atomic E-state index is 0.000292. The van der Waals surface area contributed by atoms with Gasteiger partial charge < -0.3 is 10.6 Å². The Morgan fingerprint density at radius 2 is 1.87 bits per heavy atom. The maximum Gasteiger partial charge on any atom is 0.315 e. The quantitative estimate of drug-likeness (QED) is 0.793. The van der Waals surface area contributed by atoms with Crippen LogP contribution in [0.2, 0.25) is 0 Å². The van der Waals surface area contributed by atoms with E-state index in [2.05, 4.69) is 10.6 Å². The highest BCUT2D eigenvalue weighted by Gasteiger charge is 2.13. The molecular weight excluding hydrogens is 326 g/mol. The summed E-state index contributed by atoms with van der Waals surface area (Å²) < 4.78 is 48.2. The van der Waals surface area contributed by atoms with Gasteiger partial charge in [0.25, 0.3) is 0 Å². The molecule has 1 aromatic rings. The summed E-state index contributed by atoms with van der Waals surface area (Å²) >= 11 is 0. The number of halogens is 2. The molecule has 1 aromatic carbocycles. The van der Waals surface area contributed by atoms with Gasteiger partial charge in [-0.3, -0.25) is 0 Å². The summed E-state index contributed by atoms with van der Waals surface area (Å²) in [6.45, 7) is 3.74. The average Bonchev–Trinajstić information content (AvgIpc) is 2.45. The van der Waals surface area contributed by atoms with Crippen molar-refractivity contribution < 1.29 is 22.0 Å². The largest absolute Gasteiger partial charge is 0.338 e. The number of urea groups is 1. The van der Waals surface area contributed by atoms with Crippen molar-refractivity contribution in [3.05, 3.63) is 35.4 Å². The first-order valence-electron chi connectivity index (χ1n) is 7.25. The summed E-state index contributed by atoms with van der Waals surface area (Å²) in [7, 11) is -3.06. The third-order valence-corrected chi connectivity index (χ3v) is 4.36. The standard InChI is InChI=1S/C15H22F2N2O3S/c1-10(12-4-5-13(16)14(17)8-12)9-18-15(20)19-11(2)6-7-23(3,21)22/h4-5,8,10-11H,6-7,9H2,1-3H3,(H2,18,19,20). The maximum absolute atomic E-state index is 13.2. The summed E-state index contributed by atoms with van der Waals surface area (Å²) in [4.78, 5) is 11.7. The minimum atomic E-state index is -3.06. The van der Waals surface area contributed by atoms with E-state index in [1.807, 2.05) is 0 Å². The normalized spacial score (nSPS) is 14.1. The van der Waals surface area contributed by atoms with Crippen molar-refractivity contribution in [3.8, 4) is 0 Å². The van der Waals surface area contributed by atoms with Crippen LogP contribution in [0.3, 0.4) is 0 Å². The summed E-state index contributed by atoms with van der Waals surface area (Å²) in [5.74, 6) is -2.03. The number of benzene rings is 1. The van der Waals surface area contributed by atoms with Gasteiger partial charge in [-0.15, -0.1) is 0 Å². The lowest BCUT2D eigenvalue weighted by molar-refractivity contribution is 0.237. The first kappa shape index (κ1) is 19.3.